The van der Waals surface area contributed by atoms with Crippen LogP contribution in [0.15, 0.2) is 24.3 Å². The van der Waals surface area contributed by atoms with Crippen molar-refractivity contribution < 1.29 is 9.53 Å². The number of hydrogen-bond acceptors (Lipinski definition) is 3. The van der Waals surface area contributed by atoms with Crippen molar-refractivity contribution in [1.82, 2.24) is 0 Å². The number of methoxy groups -OCH3 is 1. The van der Waals surface area contributed by atoms with Crippen LogP contribution in [0.2, 0.25) is 0 Å². The van der Waals surface area contributed by atoms with Gasteiger partial charge in [-0.1, -0.05) is 24.3 Å². The van der Waals surface area contributed by atoms with Gasteiger partial charge in [-0.15, -0.1) is 0 Å². The van der Waals surface area contributed by atoms with Crippen LogP contribution in [0.1, 0.15) is 30.4 Å². The Kier molecular flexibility index (Phi) is 3.55. The molecule has 1 fully saturated rings. The average molecular weight is 273 g/mol. The van der Waals surface area contributed by atoms with Gasteiger partial charge in [0.25, 0.3) is 0 Å². The maximum absolute atomic E-state index is 11.9. The first kappa shape index (κ1) is 13.6. The van der Waals surface area contributed by atoms with Crippen molar-refractivity contribution in [2.45, 2.75) is 32.1 Å². The van der Waals surface area contributed by atoms with Crippen molar-refractivity contribution in [2.24, 2.45) is 23.0 Å². The van der Waals surface area contributed by atoms with Gasteiger partial charge < -0.3 is 10.5 Å². The monoisotopic (exact) mass is 273 g/mol. The maximum Gasteiger partial charge on any atom is 0.306 e. The Bertz CT molecular complexity index is 478. The van der Waals surface area contributed by atoms with E-state index in [2.05, 4.69) is 24.3 Å². The van der Waals surface area contributed by atoms with Gasteiger partial charge in [0, 0.05) is 0 Å². The molecule has 0 aliphatic heterocycles. The summed E-state index contributed by atoms with van der Waals surface area (Å²) < 4.78 is 4.93. The van der Waals surface area contributed by atoms with Crippen molar-refractivity contribution in [3.63, 3.8) is 0 Å². The molecule has 2 unspecified atom stereocenters. The number of rotatable bonds is 3. The van der Waals surface area contributed by atoms with Crippen LogP contribution in [0.5, 0.6) is 0 Å². The summed E-state index contributed by atoms with van der Waals surface area (Å²) in [6.07, 6.45) is 4.96. The predicted molar refractivity (Wildman–Crippen MR) is 78.2 cm³/mol. The van der Waals surface area contributed by atoms with Crippen molar-refractivity contribution >= 4 is 5.97 Å². The minimum Gasteiger partial charge on any atom is -0.469 e. The Morgan fingerprint density at radius 2 is 1.80 bits per heavy atom. The summed E-state index contributed by atoms with van der Waals surface area (Å²) in [6.45, 7) is 0.589. The fourth-order valence-electron chi connectivity index (χ4n) is 4.44. The van der Waals surface area contributed by atoms with E-state index >= 15 is 0 Å². The largest absolute Gasteiger partial charge is 0.469 e. The molecule has 108 valence electrons. The maximum atomic E-state index is 11.9. The minimum atomic E-state index is -0.113. The van der Waals surface area contributed by atoms with E-state index < -0.39 is 0 Å². The summed E-state index contributed by atoms with van der Waals surface area (Å²) in [4.78, 5) is 11.9. The van der Waals surface area contributed by atoms with Gasteiger partial charge in [0.2, 0.25) is 0 Å². The van der Waals surface area contributed by atoms with Crippen LogP contribution in [0.25, 0.3) is 0 Å². The molecule has 3 heteroatoms. The van der Waals surface area contributed by atoms with Gasteiger partial charge in [-0.2, -0.15) is 0 Å². The minimum absolute atomic E-state index is 0.0634. The Morgan fingerprint density at radius 1 is 1.25 bits per heavy atom. The second-order valence-corrected chi connectivity index (χ2v) is 6.34. The lowest BCUT2D eigenvalue weighted by Gasteiger charge is -2.37. The summed E-state index contributed by atoms with van der Waals surface area (Å²) in [7, 11) is 1.47. The molecule has 3 nitrogen and oxygen atoms in total. The van der Waals surface area contributed by atoms with E-state index in [0.717, 1.165) is 12.8 Å². The number of benzene rings is 1. The third kappa shape index (κ3) is 2.05. The number of nitrogens with two attached hydrogens (primary N) is 1. The number of hydrogen-bond donors (Lipinski definition) is 1. The topological polar surface area (TPSA) is 52.3 Å². The van der Waals surface area contributed by atoms with Gasteiger partial charge in [-0.05, 0) is 60.6 Å². The van der Waals surface area contributed by atoms with Gasteiger partial charge in [-0.25, -0.2) is 0 Å². The molecule has 0 saturated heterocycles. The van der Waals surface area contributed by atoms with Crippen molar-refractivity contribution in [2.75, 3.05) is 13.7 Å². The van der Waals surface area contributed by atoms with E-state index in [1.165, 1.54) is 31.1 Å². The molecule has 0 amide bonds. The van der Waals surface area contributed by atoms with Gasteiger partial charge in [-0.3, -0.25) is 4.79 Å². The van der Waals surface area contributed by atoms with E-state index in [4.69, 9.17) is 10.5 Å². The van der Waals surface area contributed by atoms with Crippen molar-refractivity contribution in [3.8, 4) is 0 Å². The summed E-state index contributed by atoms with van der Waals surface area (Å²) in [5.41, 5.74) is 8.99. The summed E-state index contributed by atoms with van der Waals surface area (Å²) in [5, 5.41) is 0. The van der Waals surface area contributed by atoms with E-state index in [1.807, 2.05) is 0 Å². The molecule has 0 aromatic heterocycles. The average Bonchev–Trinajstić information content (AvgIpc) is 2.70. The van der Waals surface area contributed by atoms with Crippen LogP contribution in [-0.4, -0.2) is 19.6 Å². The molecule has 2 atom stereocenters. The zero-order valence-electron chi connectivity index (χ0n) is 12.1. The molecule has 2 N–H and O–H groups in total. The van der Waals surface area contributed by atoms with Gasteiger partial charge in [0.1, 0.15) is 0 Å². The van der Waals surface area contributed by atoms with Crippen LogP contribution in [0.4, 0.5) is 0 Å². The molecule has 20 heavy (non-hydrogen) atoms. The van der Waals surface area contributed by atoms with Crippen LogP contribution < -0.4 is 5.73 Å². The molecular formula is C17H23NO2. The third-order valence-electron chi connectivity index (χ3n) is 5.62. The summed E-state index contributed by atoms with van der Waals surface area (Å²) >= 11 is 0. The number of carbonyl (C=O) groups is 1. The number of fused-ring (bicyclic) bond motifs is 3. The molecule has 2 bridgehead atoms. The van der Waals surface area contributed by atoms with Gasteiger partial charge in [0.05, 0.1) is 13.5 Å². The van der Waals surface area contributed by atoms with Crippen molar-refractivity contribution in [3.05, 3.63) is 35.4 Å². The Morgan fingerprint density at radius 3 is 2.25 bits per heavy atom. The molecule has 2 aliphatic carbocycles. The lowest BCUT2D eigenvalue weighted by Crippen LogP contribution is -2.42. The van der Waals surface area contributed by atoms with Gasteiger partial charge in [0.15, 0.2) is 0 Å². The molecule has 1 aromatic rings. The summed E-state index contributed by atoms with van der Waals surface area (Å²) in [5.74, 6) is 0.916. The fourth-order valence-corrected chi connectivity index (χ4v) is 4.44. The number of carbonyl (C=O) groups excluding carboxylic acids is 1. The van der Waals surface area contributed by atoms with E-state index in [-0.39, 0.29) is 11.4 Å². The lowest BCUT2D eigenvalue weighted by molar-refractivity contribution is -0.144. The third-order valence-corrected chi connectivity index (χ3v) is 5.62. The molecule has 1 aromatic carbocycles. The second kappa shape index (κ2) is 5.21. The van der Waals surface area contributed by atoms with E-state index in [1.54, 1.807) is 0 Å². The van der Waals surface area contributed by atoms with Crippen LogP contribution in [-0.2, 0) is 22.4 Å². The lowest BCUT2D eigenvalue weighted by atomic mass is 9.68. The number of esters is 1. The normalized spacial score (nSPS) is 31.5. The zero-order valence-corrected chi connectivity index (χ0v) is 12.1. The standard InChI is InChI=1S/C17H23NO2/c1-20-16(19)10-17(11-18)14-6-7-15(17)9-13-5-3-2-4-12(13)8-14/h2-5,14-15H,6-11,18H2,1H3. The van der Waals surface area contributed by atoms with Gasteiger partial charge >= 0.3 is 5.97 Å². The highest BCUT2D eigenvalue weighted by Gasteiger charge is 2.51. The molecule has 2 aliphatic rings. The van der Waals surface area contributed by atoms with Crippen LogP contribution >= 0.6 is 0 Å². The quantitative estimate of drug-likeness (QED) is 0.860. The highest BCUT2D eigenvalue weighted by atomic mass is 16.5. The Balaban J connectivity index is 1.96. The zero-order chi connectivity index (χ0) is 14.2. The highest BCUT2D eigenvalue weighted by molar-refractivity contribution is 5.70. The van der Waals surface area contributed by atoms with Crippen LogP contribution in [0, 0.1) is 17.3 Å². The summed E-state index contributed by atoms with van der Waals surface area (Å²) in [6, 6.07) is 8.69. The molecule has 0 spiro atoms. The predicted octanol–water partition coefficient (Wildman–Crippen LogP) is 2.32. The van der Waals surface area contributed by atoms with E-state index in [9.17, 15) is 4.79 Å². The fraction of sp³-hybridized carbons (Fsp3) is 0.588. The Labute approximate surface area is 120 Å². The smallest absolute Gasteiger partial charge is 0.306 e. The molecule has 1 saturated carbocycles. The second-order valence-electron chi connectivity index (χ2n) is 6.34. The molecular weight excluding hydrogens is 250 g/mol. The van der Waals surface area contributed by atoms with E-state index in [0.29, 0.717) is 24.8 Å². The molecule has 3 rings (SSSR count). The first-order valence-electron chi connectivity index (χ1n) is 7.53. The molecule has 0 heterocycles. The SMILES string of the molecule is COC(=O)CC1(CN)C2CCC1Cc1ccccc1C2. The Hall–Kier alpha value is -1.35. The molecule has 0 radical (unpaired) electrons. The van der Waals surface area contributed by atoms with Crippen molar-refractivity contribution in [1.29, 1.82) is 0 Å². The van der Waals surface area contributed by atoms with Crippen LogP contribution in [0.3, 0.4) is 0 Å². The highest BCUT2D eigenvalue weighted by Crippen LogP contribution is 2.54. The first-order valence-corrected chi connectivity index (χ1v) is 7.53. The number of ether oxygens (including phenoxy) is 1. The first-order chi connectivity index (χ1) is 9.69.